The summed E-state index contributed by atoms with van der Waals surface area (Å²) in [5.41, 5.74) is 1.22. The van der Waals surface area contributed by atoms with Crippen molar-refractivity contribution >= 4 is 0 Å². The summed E-state index contributed by atoms with van der Waals surface area (Å²) in [4.78, 5) is 13.4. The first-order chi connectivity index (χ1) is 4.61. The van der Waals surface area contributed by atoms with E-state index < -0.39 is 0 Å². The first kappa shape index (κ1) is 4.79. The molecule has 0 saturated heterocycles. The van der Waals surface area contributed by atoms with Crippen molar-refractivity contribution in [3.8, 4) is 0 Å². The summed E-state index contributed by atoms with van der Waals surface area (Å²) in [6.07, 6.45) is 0. The van der Waals surface area contributed by atoms with E-state index in [4.69, 9.17) is 1.37 Å². The zero-order valence-corrected chi connectivity index (χ0v) is 5.49. The highest BCUT2D eigenvalue weighted by Crippen LogP contribution is 1.92. The minimum Gasteiger partial charge on any atom is -0.327 e. The summed E-state index contributed by atoms with van der Waals surface area (Å²) >= 11 is 0. The molecule has 1 aromatic rings. The van der Waals surface area contributed by atoms with Crippen molar-refractivity contribution in [2.24, 2.45) is 0 Å². The molecule has 2 nitrogen and oxygen atoms in total. The Bertz CT molecular complexity index is 303. The number of H-pyrrole nitrogens is 1. The highest BCUT2D eigenvalue weighted by Gasteiger charge is 1.86. The predicted molar refractivity (Wildman–Crippen MR) is 36.5 cm³/mol. The molecule has 0 aliphatic heterocycles. The van der Waals surface area contributed by atoms with Crippen LogP contribution in [0.25, 0.3) is 0 Å². The topological polar surface area (TPSA) is 32.9 Å². The van der Waals surface area contributed by atoms with E-state index in [1.165, 1.54) is 0 Å². The highest BCUT2D eigenvalue weighted by atomic mass is 16.1. The van der Waals surface area contributed by atoms with Gasteiger partial charge in [0.2, 0.25) is 5.56 Å². The maximum atomic E-state index is 10.8. The van der Waals surface area contributed by atoms with Crippen molar-refractivity contribution in [3.63, 3.8) is 0 Å². The van der Waals surface area contributed by atoms with Crippen LogP contribution in [0.1, 0.15) is 12.6 Å². The number of aromatic amines is 1. The number of nitrogens with one attached hydrogen (secondary N) is 1. The smallest absolute Gasteiger partial charge is 0.248 e. The van der Waals surface area contributed by atoms with Crippen molar-refractivity contribution in [1.82, 2.24) is 4.98 Å². The van der Waals surface area contributed by atoms with Gasteiger partial charge in [-0.1, -0.05) is 0 Å². The lowest BCUT2D eigenvalue weighted by atomic mass is 10.2. The van der Waals surface area contributed by atoms with Crippen LogP contribution in [-0.4, -0.2) is 4.98 Å². The van der Waals surface area contributed by atoms with Crippen LogP contribution >= 0.6 is 0 Å². The second kappa shape index (κ2) is 2.05. The SMILES string of the molecule is [2H]c1c(C)cc(C)[nH]c1=O. The molecule has 48 valence electrons. The normalized spacial score (nSPS) is 11.1. The zero-order chi connectivity index (χ0) is 7.72. The van der Waals surface area contributed by atoms with Crippen LogP contribution in [-0.2, 0) is 0 Å². The van der Waals surface area contributed by atoms with Gasteiger partial charge in [0, 0.05) is 11.7 Å². The fourth-order valence-electron chi connectivity index (χ4n) is 0.786. The second-order valence-electron chi connectivity index (χ2n) is 2.09. The fraction of sp³-hybridized carbons (Fsp3) is 0.286. The molecular weight excluding hydrogens is 114 g/mol. The zero-order valence-electron chi connectivity index (χ0n) is 6.49. The van der Waals surface area contributed by atoms with Crippen LogP contribution in [0.2, 0.25) is 0 Å². The summed E-state index contributed by atoms with van der Waals surface area (Å²) < 4.78 is 7.20. The Morgan fingerprint density at radius 2 is 2.33 bits per heavy atom. The molecule has 0 spiro atoms. The van der Waals surface area contributed by atoms with Gasteiger partial charge < -0.3 is 4.98 Å². The molecule has 2 heteroatoms. The minimum atomic E-state index is -0.308. The lowest BCUT2D eigenvalue weighted by molar-refractivity contribution is 1.12. The average Bonchev–Trinajstić information content (AvgIpc) is 1.82. The molecule has 0 aliphatic rings. The molecule has 0 amide bonds. The van der Waals surface area contributed by atoms with E-state index in [0.717, 1.165) is 11.3 Å². The summed E-state index contributed by atoms with van der Waals surface area (Å²) in [6, 6.07) is 1.84. The quantitative estimate of drug-likeness (QED) is 0.549. The van der Waals surface area contributed by atoms with Crippen LogP contribution in [0.4, 0.5) is 0 Å². The number of hydrogen-bond acceptors (Lipinski definition) is 1. The molecule has 0 aromatic carbocycles. The predicted octanol–water partition coefficient (Wildman–Crippen LogP) is 0.992. The van der Waals surface area contributed by atoms with Gasteiger partial charge >= 0.3 is 0 Å². The lowest BCUT2D eigenvalue weighted by Crippen LogP contribution is -2.05. The molecule has 1 heterocycles. The molecule has 1 aromatic heterocycles. The van der Waals surface area contributed by atoms with Gasteiger partial charge in [0.1, 0.15) is 0 Å². The number of aryl methyl sites for hydroxylation is 2. The third-order valence-corrected chi connectivity index (χ3v) is 1.05. The maximum Gasteiger partial charge on any atom is 0.248 e. The maximum absolute atomic E-state index is 10.8. The lowest BCUT2D eigenvalue weighted by Gasteiger charge is -1.91. The van der Waals surface area contributed by atoms with Crippen LogP contribution in [0.3, 0.4) is 0 Å². The van der Waals surface area contributed by atoms with Crippen molar-refractivity contribution in [3.05, 3.63) is 33.7 Å². The average molecular weight is 124 g/mol. The number of hydrogen-bond donors (Lipinski definition) is 1. The summed E-state index contributed by atoms with van der Waals surface area (Å²) in [7, 11) is 0. The highest BCUT2D eigenvalue weighted by molar-refractivity contribution is 5.12. The van der Waals surface area contributed by atoms with Crippen molar-refractivity contribution in [2.45, 2.75) is 13.8 Å². The largest absolute Gasteiger partial charge is 0.327 e. The molecule has 1 N–H and O–H groups in total. The monoisotopic (exact) mass is 124 g/mol. The molecule has 0 unspecified atom stereocenters. The van der Waals surface area contributed by atoms with Crippen LogP contribution in [0, 0.1) is 13.8 Å². The van der Waals surface area contributed by atoms with E-state index in [-0.39, 0.29) is 11.6 Å². The molecular formula is C7H9NO. The number of rotatable bonds is 0. The van der Waals surface area contributed by atoms with E-state index in [9.17, 15) is 4.79 Å². The van der Waals surface area contributed by atoms with Gasteiger partial charge in [-0.15, -0.1) is 0 Å². The van der Waals surface area contributed by atoms with Gasteiger partial charge in [0.15, 0.2) is 0 Å². The van der Waals surface area contributed by atoms with E-state index >= 15 is 0 Å². The van der Waals surface area contributed by atoms with Gasteiger partial charge in [0.05, 0.1) is 1.37 Å². The van der Waals surface area contributed by atoms with Crippen molar-refractivity contribution in [2.75, 3.05) is 0 Å². The van der Waals surface area contributed by atoms with Crippen molar-refractivity contribution < 1.29 is 1.37 Å². The summed E-state index contributed by atoms with van der Waals surface area (Å²) in [5.74, 6) is 0. The Balaban J connectivity index is 3.46. The van der Waals surface area contributed by atoms with Gasteiger partial charge in [-0.3, -0.25) is 4.79 Å². The Morgan fingerprint density at radius 1 is 1.67 bits per heavy atom. The Morgan fingerprint density at radius 3 is 2.89 bits per heavy atom. The molecule has 0 aliphatic carbocycles. The molecule has 0 radical (unpaired) electrons. The van der Waals surface area contributed by atoms with Gasteiger partial charge in [-0.25, -0.2) is 0 Å². The molecule has 9 heavy (non-hydrogen) atoms. The Kier molecular flexibility index (Phi) is 1.09. The standard InChI is InChI=1S/C7H9NO/c1-5-3-6(2)8-7(9)4-5/h3-4H,1-2H3,(H,8,9)/i4D. The third-order valence-electron chi connectivity index (χ3n) is 1.05. The van der Waals surface area contributed by atoms with Gasteiger partial charge in [0.25, 0.3) is 0 Å². The van der Waals surface area contributed by atoms with E-state index in [1.807, 2.05) is 0 Å². The summed E-state index contributed by atoms with van der Waals surface area (Å²) in [5, 5.41) is 0. The third kappa shape index (κ3) is 1.42. The van der Waals surface area contributed by atoms with Gasteiger partial charge in [-0.2, -0.15) is 0 Å². The van der Waals surface area contributed by atoms with Gasteiger partial charge in [-0.05, 0) is 25.5 Å². The number of aromatic nitrogens is 1. The first-order valence-electron chi connectivity index (χ1n) is 3.28. The Labute approximate surface area is 54.9 Å². The fourth-order valence-corrected chi connectivity index (χ4v) is 0.786. The number of pyridine rings is 1. The minimum absolute atomic E-state index is 0.0607. The molecule has 0 saturated carbocycles. The molecule has 0 fully saturated rings. The van der Waals surface area contributed by atoms with Crippen LogP contribution in [0.5, 0.6) is 0 Å². The van der Waals surface area contributed by atoms with Crippen LogP contribution in [0.15, 0.2) is 16.9 Å². The Hall–Kier alpha value is -1.05. The van der Waals surface area contributed by atoms with E-state index in [2.05, 4.69) is 4.98 Å². The molecule has 0 atom stereocenters. The second-order valence-corrected chi connectivity index (χ2v) is 2.09. The van der Waals surface area contributed by atoms with Crippen LogP contribution < -0.4 is 5.56 Å². The van der Waals surface area contributed by atoms with E-state index in [1.54, 1.807) is 19.9 Å². The first-order valence-corrected chi connectivity index (χ1v) is 2.78. The summed E-state index contributed by atoms with van der Waals surface area (Å²) in [6.45, 7) is 3.55. The molecule has 0 bridgehead atoms. The van der Waals surface area contributed by atoms with E-state index in [0.29, 0.717) is 0 Å². The molecule has 1 rings (SSSR count). The van der Waals surface area contributed by atoms with Crippen molar-refractivity contribution in [1.29, 1.82) is 0 Å².